The molecule has 0 fully saturated rings. The van der Waals surface area contributed by atoms with Crippen LogP contribution in [0.5, 0.6) is 5.75 Å². The Hall–Kier alpha value is -3.48. The number of pyridine rings is 2. The highest BCUT2D eigenvalue weighted by Crippen LogP contribution is 2.26. The Balaban J connectivity index is 1.88. The topological polar surface area (TPSA) is 96.6 Å². The van der Waals surface area contributed by atoms with E-state index in [4.69, 9.17) is 0 Å². The average Bonchev–Trinajstić information content (AvgIpc) is 2.76. The minimum Gasteiger partial charge on any atom is -0.506 e. The summed E-state index contributed by atoms with van der Waals surface area (Å²) in [6.45, 7) is 2.64. The van der Waals surface area contributed by atoms with Gasteiger partial charge in [-0.2, -0.15) is 5.10 Å². The van der Waals surface area contributed by atoms with Crippen molar-refractivity contribution >= 4 is 23.0 Å². The van der Waals surface area contributed by atoms with Crippen LogP contribution in [0.25, 0.3) is 10.9 Å². The maximum absolute atomic E-state index is 13.1. The number of nitrogens with zero attached hydrogens (tertiary/aromatic N) is 3. The number of hydrogen-bond acceptors (Lipinski definition) is 5. The molecule has 1 aromatic carbocycles. The summed E-state index contributed by atoms with van der Waals surface area (Å²) < 4.78 is 1.57. The van der Waals surface area contributed by atoms with Gasteiger partial charge in [0.05, 0.1) is 11.7 Å². The van der Waals surface area contributed by atoms with Crippen LogP contribution in [0.15, 0.2) is 58.7 Å². The van der Waals surface area contributed by atoms with E-state index in [1.807, 2.05) is 6.07 Å². The average molecular weight is 406 g/mol. The number of amides is 1. The molecule has 0 saturated carbocycles. The van der Waals surface area contributed by atoms with Crippen LogP contribution in [0.2, 0.25) is 0 Å². The number of hydrazone groups is 1. The summed E-state index contributed by atoms with van der Waals surface area (Å²) in [4.78, 5) is 29.7. The summed E-state index contributed by atoms with van der Waals surface area (Å²) in [5.74, 6) is -1.07. The smallest absolute Gasteiger partial charge is 0.280 e. The number of carbonyl (C=O) groups is 1. The molecule has 2 heterocycles. The number of unbranched alkanes of at least 4 members (excludes halogenated alkanes) is 4. The van der Waals surface area contributed by atoms with Gasteiger partial charge in [-0.3, -0.25) is 14.6 Å². The minimum absolute atomic E-state index is 0.297. The fraction of sp³-hybridized carbons (Fsp3) is 0.304. The van der Waals surface area contributed by atoms with E-state index in [1.165, 1.54) is 6.21 Å². The van der Waals surface area contributed by atoms with Gasteiger partial charge in [-0.15, -0.1) is 0 Å². The lowest BCUT2D eigenvalue weighted by atomic mass is 10.1. The van der Waals surface area contributed by atoms with Gasteiger partial charge in [0.1, 0.15) is 11.3 Å². The molecule has 0 bridgehead atoms. The number of para-hydroxylation sites is 1. The van der Waals surface area contributed by atoms with E-state index in [0.717, 1.165) is 37.7 Å². The van der Waals surface area contributed by atoms with Gasteiger partial charge in [-0.05, 0) is 36.2 Å². The monoisotopic (exact) mass is 406 g/mol. The summed E-state index contributed by atoms with van der Waals surface area (Å²) in [7, 11) is 0. The van der Waals surface area contributed by atoms with Crippen LogP contribution in [0.4, 0.5) is 0 Å². The second-order valence-corrected chi connectivity index (χ2v) is 7.09. The van der Waals surface area contributed by atoms with Gasteiger partial charge >= 0.3 is 0 Å². The predicted octanol–water partition coefficient (Wildman–Crippen LogP) is 3.84. The first-order valence-electron chi connectivity index (χ1n) is 10.2. The molecule has 30 heavy (non-hydrogen) atoms. The zero-order valence-electron chi connectivity index (χ0n) is 17.0. The third-order valence-electron chi connectivity index (χ3n) is 4.94. The molecule has 0 atom stereocenters. The Morgan fingerprint density at radius 2 is 1.87 bits per heavy atom. The lowest BCUT2D eigenvalue weighted by Gasteiger charge is -2.14. The molecule has 0 aliphatic heterocycles. The van der Waals surface area contributed by atoms with Crippen molar-refractivity contribution in [1.29, 1.82) is 0 Å². The molecule has 0 aliphatic rings. The van der Waals surface area contributed by atoms with Crippen molar-refractivity contribution in [3.63, 3.8) is 0 Å². The molecule has 3 aromatic rings. The van der Waals surface area contributed by atoms with Gasteiger partial charge in [0, 0.05) is 24.3 Å². The predicted molar refractivity (Wildman–Crippen MR) is 118 cm³/mol. The Bertz CT molecular complexity index is 1090. The molecular weight excluding hydrogens is 380 g/mol. The van der Waals surface area contributed by atoms with Crippen molar-refractivity contribution < 1.29 is 9.90 Å². The highest BCUT2D eigenvalue weighted by Gasteiger charge is 2.21. The fourth-order valence-corrected chi connectivity index (χ4v) is 3.36. The van der Waals surface area contributed by atoms with Crippen molar-refractivity contribution in [2.45, 2.75) is 45.6 Å². The van der Waals surface area contributed by atoms with Gasteiger partial charge < -0.3 is 9.67 Å². The molecule has 0 spiro atoms. The van der Waals surface area contributed by atoms with E-state index < -0.39 is 11.5 Å². The standard InChI is InChI=1S/C23H26N4O3/c1-2-3-4-5-8-15-27-19-10-7-6-9-18(19)21(28)20(23(27)30)22(29)26-25-16-17-11-13-24-14-12-17/h6-7,9-14,16,28H,2-5,8,15H2,1H3,(H,26,29). The number of hydrogen-bond donors (Lipinski definition) is 2. The normalized spacial score (nSPS) is 11.2. The zero-order chi connectivity index (χ0) is 21.3. The van der Waals surface area contributed by atoms with Gasteiger partial charge in [0.25, 0.3) is 11.5 Å². The van der Waals surface area contributed by atoms with Crippen LogP contribution < -0.4 is 11.0 Å². The maximum Gasteiger partial charge on any atom is 0.280 e. The van der Waals surface area contributed by atoms with Gasteiger partial charge in [0.15, 0.2) is 0 Å². The Morgan fingerprint density at radius 1 is 1.13 bits per heavy atom. The van der Waals surface area contributed by atoms with Crippen molar-refractivity contribution in [2.24, 2.45) is 5.10 Å². The summed E-state index contributed by atoms with van der Waals surface area (Å²) in [6.07, 6.45) is 9.92. The van der Waals surface area contributed by atoms with E-state index in [9.17, 15) is 14.7 Å². The van der Waals surface area contributed by atoms with Crippen molar-refractivity contribution in [3.8, 4) is 5.75 Å². The molecule has 1 amide bonds. The number of fused-ring (bicyclic) bond motifs is 1. The highest BCUT2D eigenvalue weighted by atomic mass is 16.3. The summed E-state index contributed by atoms with van der Waals surface area (Å²) in [5, 5.41) is 15.0. The zero-order valence-corrected chi connectivity index (χ0v) is 17.0. The number of aromatic nitrogens is 2. The lowest BCUT2D eigenvalue weighted by molar-refractivity contribution is 0.0950. The van der Waals surface area contributed by atoms with Crippen LogP contribution in [0.3, 0.4) is 0 Å². The second-order valence-electron chi connectivity index (χ2n) is 7.09. The lowest BCUT2D eigenvalue weighted by Crippen LogP contribution is -2.31. The van der Waals surface area contributed by atoms with Crippen molar-refractivity contribution in [3.05, 3.63) is 70.3 Å². The quantitative estimate of drug-likeness (QED) is 0.321. The molecule has 0 unspecified atom stereocenters. The number of aryl methyl sites for hydroxylation is 1. The molecule has 0 saturated heterocycles. The first kappa shape index (κ1) is 21.2. The summed E-state index contributed by atoms with van der Waals surface area (Å²) >= 11 is 0. The SMILES string of the molecule is CCCCCCCn1c(=O)c(C(=O)NN=Cc2ccncc2)c(O)c2ccccc21. The third kappa shape index (κ3) is 4.92. The molecule has 3 rings (SSSR count). The summed E-state index contributed by atoms with van der Waals surface area (Å²) in [6, 6.07) is 10.5. The number of aromatic hydroxyl groups is 1. The Kier molecular flexibility index (Phi) is 7.32. The van der Waals surface area contributed by atoms with Crippen LogP contribution in [-0.2, 0) is 6.54 Å². The highest BCUT2D eigenvalue weighted by molar-refractivity contribution is 6.02. The van der Waals surface area contributed by atoms with Crippen LogP contribution in [0, 0.1) is 0 Å². The van der Waals surface area contributed by atoms with Gasteiger partial charge in [-0.25, -0.2) is 5.43 Å². The molecule has 7 nitrogen and oxygen atoms in total. The van der Waals surface area contributed by atoms with Crippen molar-refractivity contribution in [1.82, 2.24) is 15.0 Å². The van der Waals surface area contributed by atoms with E-state index in [1.54, 1.807) is 47.3 Å². The van der Waals surface area contributed by atoms with E-state index >= 15 is 0 Å². The maximum atomic E-state index is 13.1. The molecule has 0 radical (unpaired) electrons. The number of rotatable bonds is 9. The van der Waals surface area contributed by atoms with Gasteiger partial charge in [-0.1, -0.05) is 44.7 Å². The van der Waals surface area contributed by atoms with E-state index in [-0.39, 0.29) is 11.3 Å². The molecule has 2 aromatic heterocycles. The third-order valence-corrected chi connectivity index (χ3v) is 4.94. The number of benzene rings is 1. The Morgan fingerprint density at radius 3 is 2.63 bits per heavy atom. The first-order valence-corrected chi connectivity index (χ1v) is 10.2. The van der Waals surface area contributed by atoms with Crippen LogP contribution >= 0.6 is 0 Å². The molecule has 0 aliphatic carbocycles. The largest absolute Gasteiger partial charge is 0.506 e. The molecule has 7 heteroatoms. The second kappa shape index (κ2) is 10.3. The van der Waals surface area contributed by atoms with Crippen molar-refractivity contribution in [2.75, 3.05) is 0 Å². The van der Waals surface area contributed by atoms with Crippen LogP contribution in [-0.4, -0.2) is 26.8 Å². The number of nitrogens with one attached hydrogen (secondary N) is 1. The van der Waals surface area contributed by atoms with Crippen LogP contribution in [0.1, 0.15) is 54.9 Å². The first-order chi connectivity index (χ1) is 14.6. The van der Waals surface area contributed by atoms with Gasteiger partial charge in [0.2, 0.25) is 0 Å². The minimum atomic E-state index is -0.742. The fourth-order valence-electron chi connectivity index (χ4n) is 3.36. The molecule has 156 valence electrons. The Labute approximate surface area is 175 Å². The van der Waals surface area contributed by atoms with E-state index in [0.29, 0.717) is 17.4 Å². The number of carbonyl (C=O) groups excluding carboxylic acids is 1. The molecular formula is C23H26N4O3. The van der Waals surface area contributed by atoms with E-state index in [2.05, 4.69) is 22.4 Å². The summed E-state index contributed by atoms with van der Waals surface area (Å²) in [5.41, 5.74) is 2.89. The molecule has 2 N–H and O–H groups in total.